The number of rotatable bonds is 5. The van der Waals surface area contributed by atoms with Gasteiger partial charge in [0.25, 0.3) is 0 Å². The van der Waals surface area contributed by atoms with Crippen LogP contribution in [0.2, 0.25) is 0 Å². The number of hydrogen-bond acceptors (Lipinski definition) is 4. The van der Waals surface area contributed by atoms with Crippen LogP contribution in [-0.2, 0) is 4.79 Å². The van der Waals surface area contributed by atoms with Crippen molar-refractivity contribution in [2.24, 2.45) is 0 Å². The molecule has 3 aromatic carbocycles. The Labute approximate surface area is 172 Å². The third kappa shape index (κ3) is 4.27. The van der Waals surface area contributed by atoms with Crippen LogP contribution < -0.4 is 5.32 Å². The molecule has 0 aliphatic rings. The molecule has 4 nitrogen and oxygen atoms in total. The predicted octanol–water partition coefficient (Wildman–Crippen LogP) is 5.48. The highest BCUT2D eigenvalue weighted by Gasteiger charge is 2.13. The maximum Gasteiger partial charge on any atom is 0.234 e. The van der Waals surface area contributed by atoms with Crippen LogP contribution in [-0.4, -0.2) is 21.9 Å². The second-order valence-electron chi connectivity index (χ2n) is 6.59. The van der Waals surface area contributed by atoms with Gasteiger partial charge in [0.05, 0.1) is 11.4 Å². The maximum absolute atomic E-state index is 13.9. The fraction of sp³-hybridized carbons (Fsp3) is 0.0870. The Morgan fingerprint density at radius 3 is 2.45 bits per heavy atom. The number of nitrogens with zero attached hydrogens (tertiary/aromatic N) is 2. The van der Waals surface area contributed by atoms with Gasteiger partial charge in [-0.05, 0) is 24.6 Å². The lowest BCUT2D eigenvalue weighted by molar-refractivity contribution is -0.113. The highest BCUT2D eigenvalue weighted by Crippen LogP contribution is 2.31. The molecule has 0 saturated carbocycles. The molecule has 0 atom stereocenters. The van der Waals surface area contributed by atoms with E-state index in [0.717, 1.165) is 27.6 Å². The number of nitrogens with one attached hydrogen (secondary N) is 1. The van der Waals surface area contributed by atoms with E-state index < -0.39 is 5.82 Å². The van der Waals surface area contributed by atoms with Gasteiger partial charge in [0.15, 0.2) is 0 Å². The number of aromatic nitrogens is 2. The number of benzene rings is 3. The second-order valence-corrected chi connectivity index (χ2v) is 7.55. The Kier molecular flexibility index (Phi) is 5.53. The van der Waals surface area contributed by atoms with Crippen LogP contribution in [0.4, 0.5) is 10.1 Å². The Balaban J connectivity index is 1.55. The number of fused-ring (bicyclic) bond motifs is 1. The fourth-order valence-corrected chi connectivity index (χ4v) is 3.81. The fourth-order valence-electron chi connectivity index (χ4n) is 3.04. The zero-order valence-corrected chi connectivity index (χ0v) is 16.5. The third-order valence-electron chi connectivity index (χ3n) is 4.44. The summed E-state index contributed by atoms with van der Waals surface area (Å²) in [6.07, 6.45) is 0. The molecule has 0 saturated heterocycles. The van der Waals surface area contributed by atoms with E-state index in [0.29, 0.717) is 5.03 Å². The molecule has 0 aliphatic carbocycles. The van der Waals surface area contributed by atoms with Crippen LogP contribution in [0.1, 0.15) is 5.56 Å². The van der Waals surface area contributed by atoms with Gasteiger partial charge in [0, 0.05) is 16.3 Å². The molecular weight excluding hydrogens is 385 g/mol. The van der Waals surface area contributed by atoms with Crippen molar-refractivity contribution in [3.63, 3.8) is 0 Å². The van der Waals surface area contributed by atoms with Gasteiger partial charge in [-0.3, -0.25) is 4.79 Å². The average Bonchev–Trinajstić information content (AvgIpc) is 2.74. The van der Waals surface area contributed by atoms with Gasteiger partial charge in [-0.2, -0.15) is 0 Å². The Morgan fingerprint density at radius 2 is 1.69 bits per heavy atom. The minimum absolute atomic E-state index is 0.108. The lowest BCUT2D eigenvalue weighted by Crippen LogP contribution is -2.15. The monoisotopic (exact) mass is 403 g/mol. The Hall–Kier alpha value is -3.25. The Bertz CT molecular complexity index is 1180. The minimum Gasteiger partial charge on any atom is -0.323 e. The zero-order valence-electron chi connectivity index (χ0n) is 15.7. The summed E-state index contributed by atoms with van der Waals surface area (Å²) in [7, 11) is 0. The van der Waals surface area contributed by atoms with Gasteiger partial charge in [-0.1, -0.05) is 72.4 Å². The molecule has 29 heavy (non-hydrogen) atoms. The molecular formula is C23H18FN3OS. The highest BCUT2D eigenvalue weighted by molar-refractivity contribution is 8.00. The van der Waals surface area contributed by atoms with Crippen molar-refractivity contribution in [1.82, 2.24) is 10.2 Å². The minimum atomic E-state index is -0.444. The summed E-state index contributed by atoms with van der Waals surface area (Å²) in [5, 5.41) is 13.9. The summed E-state index contributed by atoms with van der Waals surface area (Å²) in [4.78, 5) is 12.3. The number of amides is 1. The first-order valence-electron chi connectivity index (χ1n) is 9.11. The molecule has 0 fully saturated rings. The molecule has 0 bridgehead atoms. The zero-order chi connectivity index (χ0) is 20.2. The normalized spacial score (nSPS) is 10.8. The van der Waals surface area contributed by atoms with Crippen LogP contribution >= 0.6 is 11.8 Å². The standard InChI is InChI=1S/C23H18FN3OS/c1-15-11-12-20(19(24)13-15)25-21(28)14-29-23-18-10-6-5-9-17(18)22(26-27-23)16-7-3-2-4-8-16/h2-13H,14H2,1H3,(H,25,28). The number of halogens is 1. The first-order valence-corrected chi connectivity index (χ1v) is 10.1. The van der Waals surface area contributed by atoms with E-state index in [2.05, 4.69) is 15.5 Å². The summed E-state index contributed by atoms with van der Waals surface area (Å²) in [6.45, 7) is 1.80. The van der Waals surface area contributed by atoms with Crippen molar-refractivity contribution in [2.75, 3.05) is 11.1 Å². The van der Waals surface area contributed by atoms with E-state index in [1.54, 1.807) is 19.1 Å². The van der Waals surface area contributed by atoms with Crippen LogP contribution in [0.25, 0.3) is 22.0 Å². The van der Waals surface area contributed by atoms with E-state index >= 15 is 0 Å². The van der Waals surface area contributed by atoms with Crippen molar-refractivity contribution in [3.8, 4) is 11.3 Å². The van der Waals surface area contributed by atoms with Gasteiger partial charge in [0.1, 0.15) is 16.5 Å². The summed E-state index contributed by atoms with van der Waals surface area (Å²) >= 11 is 1.28. The lowest BCUT2D eigenvalue weighted by atomic mass is 10.1. The summed E-state index contributed by atoms with van der Waals surface area (Å²) in [5.41, 5.74) is 2.77. The summed E-state index contributed by atoms with van der Waals surface area (Å²) < 4.78 is 13.9. The van der Waals surface area contributed by atoms with Crippen LogP contribution in [0.3, 0.4) is 0 Å². The van der Waals surface area contributed by atoms with Crippen LogP contribution in [0.5, 0.6) is 0 Å². The van der Waals surface area contributed by atoms with Crippen molar-refractivity contribution in [2.45, 2.75) is 11.9 Å². The molecule has 0 spiro atoms. The van der Waals surface area contributed by atoms with Crippen molar-refractivity contribution in [3.05, 3.63) is 84.2 Å². The number of carbonyl (C=O) groups excluding carboxylic acids is 1. The highest BCUT2D eigenvalue weighted by atomic mass is 32.2. The lowest BCUT2D eigenvalue weighted by Gasteiger charge is -2.10. The Morgan fingerprint density at radius 1 is 0.966 bits per heavy atom. The molecule has 0 aliphatic heterocycles. The summed E-state index contributed by atoms with van der Waals surface area (Å²) in [6, 6.07) is 22.4. The largest absolute Gasteiger partial charge is 0.323 e. The molecule has 144 valence electrons. The molecule has 0 radical (unpaired) electrons. The molecule has 0 unspecified atom stereocenters. The maximum atomic E-state index is 13.9. The van der Waals surface area contributed by atoms with Crippen molar-refractivity contribution >= 4 is 34.1 Å². The number of thioether (sulfide) groups is 1. The molecule has 1 heterocycles. The smallest absolute Gasteiger partial charge is 0.234 e. The van der Waals surface area contributed by atoms with E-state index in [1.807, 2.05) is 54.6 Å². The molecule has 1 amide bonds. The van der Waals surface area contributed by atoms with Crippen molar-refractivity contribution < 1.29 is 9.18 Å². The summed E-state index contributed by atoms with van der Waals surface area (Å²) in [5.74, 6) is -0.631. The first kappa shape index (κ1) is 19.1. The van der Waals surface area contributed by atoms with E-state index in [9.17, 15) is 9.18 Å². The van der Waals surface area contributed by atoms with E-state index in [4.69, 9.17) is 0 Å². The van der Waals surface area contributed by atoms with E-state index in [1.165, 1.54) is 17.8 Å². The molecule has 1 N–H and O–H groups in total. The number of carbonyl (C=O) groups is 1. The SMILES string of the molecule is Cc1ccc(NC(=O)CSc2nnc(-c3ccccc3)c3ccccc23)c(F)c1. The predicted molar refractivity (Wildman–Crippen MR) is 115 cm³/mol. The molecule has 1 aromatic heterocycles. The van der Waals surface area contributed by atoms with E-state index in [-0.39, 0.29) is 17.3 Å². The van der Waals surface area contributed by atoms with Gasteiger partial charge < -0.3 is 5.32 Å². The van der Waals surface area contributed by atoms with Gasteiger partial charge in [0.2, 0.25) is 5.91 Å². The van der Waals surface area contributed by atoms with Crippen molar-refractivity contribution in [1.29, 1.82) is 0 Å². The molecule has 4 rings (SSSR count). The number of hydrogen-bond donors (Lipinski definition) is 1. The quantitative estimate of drug-likeness (QED) is 0.449. The van der Waals surface area contributed by atoms with Gasteiger partial charge in [-0.25, -0.2) is 4.39 Å². The molecule has 4 aromatic rings. The van der Waals surface area contributed by atoms with Gasteiger partial charge in [-0.15, -0.1) is 10.2 Å². The number of aryl methyl sites for hydroxylation is 1. The van der Waals surface area contributed by atoms with Gasteiger partial charge >= 0.3 is 0 Å². The number of anilines is 1. The van der Waals surface area contributed by atoms with Crippen LogP contribution in [0, 0.1) is 12.7 Å². The van der Waals surface area contributed by atoms with Crippen LogP contribution in [0.15, 0.2) is 77.8 Å². The molecule has 6 heteroatoms. The average molecular weight is 403 g/mol. The first-order chi connectivity index (χ1) is 14.1. The third-order valence-corrected chi connectivity index (χ3v) is 5.42. The second kappa shape index (κ2) is 8.41. The topological polar surface area (TPSA) is 54.9 Å².